The van der Waals surface area contributed by atoms with Crippen molar-refractivity contribution in [1.82, 2.24) is 0 Å². The third-order valence-electron chi connectivity index (χ3n) is 8.12. The van der Waals surface area contributed by atoms with Crippen molar-refractivity contribution in [3.8, 4) is 0 Å². The molecule has 0 aliphatic heterocycles. The van der Waals surface area contributed by atoms with Crippen molar-refractivity contribution in [2.75, 3.05) is 0 Å². The molecule has 0 saturated heterocycles. The van der Waals surface area contributed by atoms with Gasteiger partial charge in [0.2, 0.25) is 0 Å². The third-order valence-corrected chi connectivity index (χ3v) is 14.9. The van der Waals surface area contributed by atoms with Crippen LogP contribution in [0.3, 0.4) is 0 Å². The van der Waals surface area contributed by atoms with E-state index in [9.17, 15) is 0 Å². The first-order valence-corrected chi connectivity index (χ1v) is 17.5. The third kappa shape index (κ3) is 5.70. The van der Waals surface area contributed by atoms with Gasteiger partial charge in [-0.05, 0) is 0 Å². The first kappa shape index (κ1) is 23.1. The first-order valence-electron chi connectivity index (χ1n) is 13.7. The van der Waals surface area contributed by atoms with Gasteiger partial charge in [-0.15, -0.1) is 0 Å². The van der Waals surface area contributed by atoms with E-state index in [1.165, 1.54) is 64.2 Å². The molecule has 5 aliphatic rings. The molecule has 182 valence electrons. The fourth-order valence-electron chi connectivity index (χ4n) is 6.43. The summed E-state index contributed by atoms with van der Waals surface area (Å²) in [5.74, 6) is 0. The van der Waals surface area contributed by atoms with E-state index in [0.29, 0.717) is 0 Å². The molecule has 5 nitrogen and oxygen atoms in total. The second kappa shape index (κ2) is 10.3. The van der Waals surface area contributed by atoms with Crippen molar-refractivity contribution >= 4 is 13.4 Å². The minimum atomic E-state index is -4.93. The molecule has 5 rings (SSSR count). The van der Waals surface area contributed by atoms with E-state index in [1.54, 1.807) is 0 Å². The van der Waals surface area contributed by atoms with Gasteiger partial charge in [0.1, 0.15) is 0 Å². The topological polar surface area (TPSA) is 46.2 Å². The standard InChI is InChI=1S/C25H46O5Se/c1-2-12-21(11-1)26-31(27-22-13-3-4-14-22,28-23-15-5-6-16-23,29-24-17-7-8-18-24)30-25-19-9-10-20-25/h21-25,31H,1-20H2. The summed E-state index contributed by atoms with van der Waals surface area (Å²) in [5.41, 5.74) is 0. The molecule has 0 amide bonds. The van der Waals surface area contributed by atoms with Crippen molar-refractivity contribution in [3.63, 3.8) is 0 Å². The molecule has 0 aromatic rings. The molecular weight excluding hydrogens is 459 g/mol. The molecule has 6 heteroatoms. The summed E-state index contributed by atoms with van der Waals surface area (Å²) in [7, 11) is 0. The molecule has 31 heavy (non-hydrogen) atoms. The van der Waals surface area contributed by atoms with Crippen LogP contribution in [0.2, 0.25) is 0 Å². The van der Waals surface area contributed by atoms with Gasteiger partial charge in [-0.1, -0.05) is 0 Å². The Morgan fingerprint density at radius 1 is 0.290 bits per heavy atom. The number of hydrogen-bond acceptors (Lipinski definition) is 5. The van der Waals surface area contributed by atoms with Crippen molar-refractivity contribution in [3.05, 3.63) is 0 Å². The molecule has 0 N–H and O–H groups in total. The average molecular weight is 506 g/mol. The molecule has 0 aromatic carbocycles. The molecule has 0 spiro atoms. The fourth-order valence-corrected chi connectivity index (χ4v) is 14.8. The van der Waals surface area contributed by atoms with E-state index in [2.05, 4.69) is 0 Å². The van der Waals surface area contributed by atoms with Crippen LogP contribution in [0.4, 0.5) is 0 Å². The zero-order valence-electron chi connectivity index (χ0n) is 19.5. The van der Waals surface area contributed by atoms with E-state index in [0.717, 1.165) is 64.2 Å². The van der Waals surface area contributed by atoms with E-state index in [-0.39, 0.29) is 30.5 Å². The minimum absolute atomic E-state index is 0.164. The summed E-state index contributed by atoms with van der Waals surface area (Å²) in [6, 6.07) is 0. The summed E-state index contributed by atoms with van der Waals surface area (Å²) >= 11 is -4.93. The average Bonchev–Trinajstić information content (AvgIpc) is 3.56. The van der Waals surface area contributed by atoms with Crippen molar-refractivity contribution in [2.24, 2.45) is 0 Å². The maximum absolute atomic E-state index is 7.12. The molecule has 0 aromatic heterocycles. The first-order chi connectivity index (χ1) is 15.2. The van der Waals surface area contributed by atoms with E-state index >= 15 is 0 Å². The van der Waals surface area contributed by atoms with E-state index < -0.39 is 13.4 Å². The van der Waals surface area contributed by atoms with Crippen molar-refractivity contribution in [2.45, 2.75) is 159 Å². The van der Waals surface area contributed by atoms with E-state index in [1.807, 2.05) is 0 Å². The van der Waals surface area contributed by atoms with Gasteiger partial charge in [0.15, 0.2) is 0 Å². The predicted octanol–water partition coefficient (Wildman–Crippen LogP) is 6.40. The molecule has 0 heterocycles. The van der Waals surface area contributed by atoms with Gasteiger partial charge in [0.25, 0.3) is 0 Å². The Morgan fingerprint density at radius 3 is 0.613 bits per heavy atom. The van der Waals surface area contributed by atoms with Crippen LogP contribution in [0.5, 0.6) is 0 Å². The molecule has 5 aliphatic carbocycles. The summed E-state index contributed by atoms with van der Waals surface area (Å²) in [6.45, 7) is 0. The van der Waals surface area contributed by atoms with Gasteiger partial charge >= 0.3 is 191 Å². The van der Waals surface area contributed by atoms with E-state index in [4.69, 9.17) is 19.1 Å². The summed E-state index contributed by atoms with van der Waals surface area (Å²) in [4.78, 5) is 0. The fraction of sp³-hybridized carbons (Fsp3) is 1.00. The second-order valence-electron chi connectivity index (χ2n) is 10.8. The Kier molecular flexibility index (Phi) is 7.66. The SMILES string of the molecule is C1CCC(O[SeH](OC2CCCC2)(OC2CCCC2)(OC2CCCC2)OC2CCCC2)C1. The molecule has 5 saturated carbocycles. The van der Waals surface area contributed by atoms with Gasteiger partial charge in [0.05, 0.1) is 0 Å². The maximum atomic E-state index is 7.12. The van der Waals surface area contributed by atoms with Crippen molar-refractivity contribution in [1.29, 1.82) is 0 Å². The van der Waals surface area contributed by atoms with Crippen LogP contribution in [0.25, 0.3) is 0 Å². The number of rotatable bonds is 10. The Balaban J connectivity index is 1.51. The monoisotopic (exact) mass is 506 g/mol. The molecule has 0 atom stereocenters. The van der Waals surface area contributed by atoms with Crippen LogP contribution in [-0.4, -0.2) is 44.0 Å². The zero-order chi connectivity index (χ0) is 21.0. The quantitative estimate of drug-likeness (QED) is 0.322. The molecular formula is C25H46O5Se. The molecule has 0 unspecified atom stereocenters. The van der Waals surface area contributed by atoms with Crippen LogP contribution in [0.15, 0.2) is 0 Å². The number of hydrogen-bond donors (Lipinski definition) is 0. The van der Waals surface area contributed by atoms with Crippen LogP contribution >= 0.6 is 0 Å². The van der Waals surface area contributed by atoms with Gasteiger partial charge < -0.3 is 0 Å². The van der Waals surface area contributed by atoms with Gasteiger partial charge in [-0.25, -0.2) is 0 Å². The van der Waals surface area contributed by atoms with Gasteiger partial charge in [-0.3, -0.25) is 0 Å². The molecule has 0 radical (unpaired) electrons. The summed E-state index contributed by atoms with van der Waals surface area (Å²) in [6.07, 6.45) is 23.9. The van der Waals surface area contributed by atoms with Crippen LogP contribution in [-0.2, 0) is 19.1 Å². The normalized spacial score (nSPS) is 29.4. The van der Waals surface area contributed by atoms with Gasteiger partial charge in [0, 0.05) is 0 Å². The van der Waals surface area contributed by atoms with Gasteiger partial charge in [-0.2, -0.15) is 0 Å². The Morgan fingerprint density at radius 2 is 0.452 bits per heavy atom. The molecule has 5 fully saturated rings. The summed E-state index contributed by atoms with van der Waals surface area (Å²) in [5, 5.41) is 0. The molecule has 0 bridgehead atoms. The Bertz CT molecular complexity index is 434. The zero-order valence-corrected chi connectivity index (χ0v) is 21.4. The Labute approximate surface area is 191 Å². The second-order valence-corrected chi connectivity index (χ2v) is 16.1. The van der Waals surface area contributed by atoms with Crippen LogP contribution in [0, 0.1) is 0 Å². The Hall–Kier alpha value is 0.319. The predicted molar refractivity (Wildman–Crippen MR) is 124 cm³/mol. The summed E-state index contributed by atoms with van der Waals surface area (Å²) < 4.78 is 35.6. The van der Waals surface area contributed by atoms with Crippen LogP contribution in [0.1, 0.15) is 128 Å². The van der Waals surface area contributed by atoms with Crippen molar-refractivity contribution < 1.29 is 19.1 Å². The van der Waals surface area contributed by atoms with Crippen LogP contribution < -0.4 is 0 Å².